The predicted octanol–water partition coefficient (Wildman–Crippen LogP) is 2.94. The Labute approximate surface area is 172 Å². The summed E-state index contributed by atoms with van der Waals surface area (Å²) >= 11 is 0. The third-order valence-electron chi connectivity index (χ3n) is 4.61. The minimum absolute atomic E-state index is 0.0418. The highest BCUT2D eigenvalue weighted by atomic mass is 19.3. The number of nitrogens with one attached hydrogen (secondary N) is 1. The zero-order chi connectivity index (χ0) is 21.5. The molecule has 2 heterocycles. The number of hydrogen-bond acceptors (Lipinski definition) is 4. The first-order valence-electron chi connectivity index (χ1n) is 9.57. The Morgan fingerprint density at radius 3 is 2.57 bits per heavy atom. The molecule has 0 aliphatic carbocycles. The number of aliphatic imine (C=N–C) groups is 1. The van der Waals surface area contributed by atoms with Gasteiger partial charge in [0, 0.05) is 32.7 Å². The number of rotatable bonds is 6. The zero-order valence-electron chi connectivity index (χ0n) is 16.5. The van der Waals surface area contributed by atoms with Crippen LogP contribution in [0.3, 0.4) is 0 Å². The molecule has 30 heavy (non-hydrogen) atoms. The first-order valence-corrected chi connectivity index (χ1v) is 9.57. The van der Waals surface area contributed by atoms with E-state index in [0.29, 0.717) is 38.7 Å². The normalized spacial score (nSPS) is 14.9. The van der Waals surface area contributed by atoms with E-state index in [-0.39, 0.29) is 29.5 Å². The summed E-state index contributed by atoms with van der Waals surface area (Å²) in [4.78, 5) is 20.4. The molecule has 0 spiro atoms. The maximum absolute atomic E-state index is 14.2. The first-order chi connectivity index (χ1) is 14.5. The number of benzene rings is 1. The van der Waals surface area contributed by atoms with Crippen molar-refractivity contribution in [3.05, 3.63) is 53.7 Å². The van der Waals surface area contributed by atoms with Crippen LogP contribution in [0.15, 0.2) is 46.0 Å². The summed E-state index contributed by atoms with van der Waals surface area (Å²) in [5, 5.41) is 3.12. The van der Waals surface area contributed by atoms with Crippen molar-refractivity contribution >= 4 is 11.9 Å². The molecule has 1 amide bonds. The number of piperazine rings is 1. The molecule has 0 atom stereocenters. The average molecular weight is 424 g/mol. The molecule has 1 saturated heterocycles. The lowest BCUT2D eigenvalue weighted by Crippen LogP contribution is -2.53. The minimum Gasteiger partial charge on any atom is -0.459 e. The van der Waals surface area contributed by atoms with Crippen LogP contribution in [0.5, 0.6) is 5.75 Å². The van der Waals surface area contributed by atoms with Gasteiger partial charge in [0.2, 0.25) is 0 Å². The topological polar surface area (TPSA) is 70.3 Å². The molecule has 3 rings (SSSR count). The molecule has 7 nitrogen and oxygen atoms in total. The van der Waals surface area contributed by atoms with Crippen molar-refractivity contribution in [2.24, 2.45) is 4.99 Å². The number of halogens is 3. The Bertz CT molecular complexity index is 866. The number of ether oxygens (including phenoxy) is 1. The van der Waals surface area contributed by atoms with Crippen LogP contribution in [0.2, 0.25) is 0 Å². The molecular formula is C20H23F3N4O3. The average Bonchev–Trinajstić information content (AvgIpc) is 3.26. The molecule has 2 aromatic rings. The van der Waals surface area contributed by atoms with Crippen molar-refractivity contribution in [3.63, 3.8) is 0 Å². The van der Waals surface area contributed by atoms with Gasteiger partial charge in [-0.2, -0.15) is 8.78 Å². The minimum atomic E-state index is -3.05. The van der Waals surface area contributed by atoms with Crippen molar-refractivity contribution in [3.8, 4) is 5.75 Å². The van der Waals surface area contributed by atoms with Gasteiger partial charge in [0.25, 0.3) is 5.91 Å². The third-order valence-corrected chi connectivity index (χ3v) is 4.61. The van der Waals surface area contributed by atoms with E-state index in [9.17, 15) is 18.0 Å². The summed E-state index contributed by atoms with van der Waals surface area (Å²) in [7, 11) is 0. The van der Waals surface area contributed by atoms with Gasteiger partial charge in [-0.3, -0.25) is 4.79 Å². The van der Waals surface area contributed by atoms with Crippen LogP contribution in [0.4, 0.5) is 13.2 Å². The van der Waals surface area contributed by atoms with Crippen molar-refractivity contribution in [1.82, 2.24) is 15.1 Å². The van der Waals surface area contributed by atoms with E-state index in [1.807, 2.05) is 11.8 Å². The molecule has 0 saturated carbocycles. The number of guanidine groups is 1. The molecule has 1 fully saturated rings. The highest BCUT2D eigenvalue weighted by Crippen LogP contribution is 2.24. The quantitative estimate of drug-likeness (QED) is 0.571. The van der Waals surface area contributed by atoms with Crippen LogP contribution >= 0.6 is 0 Å². The lowest BCUT2D eigenvalue weighted by molar-refractivity contribution is -0.0506. The van der Waals surface area contributed by atoms with Gasteiger partial charge in [0.15, 0.2) is 11.7 Å². The monoisotopic (exact) mass is 424 g/mol. The highest BCUT2D eigenvalue weighted by molar-refractivity contribution is 5.91. The Kier molecular flexibility index (Phi) is 7.21. The fourth-order valence-electron chi connectivity index (χ4n) is 3.16. The lowest BCUT2D eigenvalue weighted by atomic mass is 10.2. The number of nitrogens with zero attached hydrogens (tertiary/aromatic N) is 3. The van der Waals surface area contributed by atoms with Crippen LogP contribution in [0.1, 0.15) is 23.0 Å². The van der Waals surface area contributed by atoms with Crippen LogP contribution in [-0.4, -0.2) is 61.0 Å². The molecule has 1 aliphatic rings. The second-order valence-corrected chi connectivity index (χ2v) is 6.52. The number of furan rings is 1. The fourth-order valence-corrected chi connectivity index (χ4v) is 3.16. The van der Waals surface area contributed by atoms with E-state index in [1.165, 1.54) is 24.5 Å². The van der Waals surface area contributed by atoms with Gasteiger partial charge >= 0.3 is 6.61 Å². The van der Waals surface area contributed by atoms with Gasteiger partial charge in [-0.25, -0.2) is 9.38 Å². The Hall–Kier alpha value is -3.17. The second kappa shape index (κ2) is 10.0. The molecule has 0 unspecified atom stereocenters. The Balaban J connectivity index is 1.68. The summed E-state index contributed by atoms with van der Waals surface area (Å²) in [6.07, 6.45) is 1.45. The van der Waals surface area contributed by atoms with E-state index in [0.717, 1.165) is 0 Å². The number of carbonyl (C=O) groups is 1. The summed E-state index contributed by atoms with van der Waals surface area (Å²) in [6, 6.07) is 7.05. The molecule has 1 aromatic carbocycles. The highest BCUT2D eigenvalue weighted by Gasteiger charge is 2.25. The maximum atomic E-state index is 14.2. The van der Waals surface area contributed by atoms with E-state index < -0.39 is 12.4 Å². The van der Waals surface area contributed by atoms with Gasteiger partial charge in [-0.15, -0.1) is 0 Å². The molecule has 10 heteroatoms. The summed E-state index contributed by atoms with van der Waals surface area (Å²) in [5.74, 6) is -0.286. The molecule has 162 valence electrons. The molecule has 0 radical (unpaired) electrons. The fraction of sp³-hybridized carbons (Fsp3) is 0.400. The van der Waals surface area contributed by atoms with Crippen molar-refractivity contribution < 1.29 is 27.1 Å². The largest absolute Gasteiger partial charge is 0.459 e. The van der Waals surface area contributed by atoms with Crippen LogP contribution in [0.25, 0.3) is 0 Å². The Morgan fingerprint density at radius 1 is 1.20 bits per heavy atom. The summed E-state index contributed by atoms with van der Waals surface area (Å²) in [5.41, 5.74) is -0.0418. The van der Waals surface area contributed by atoms with E-state index in [2.05, 4.69) is 15.0 Å². The smallest absolute Gasteiger partial charge is 0.387 e. The number of carbonyl (C=O) groups excluding carboxylic acids is 1. The first kappa shape index (κ1) is 21.5. The summed E-state index contributed by atoms with van der Waals surface area (Å²) in [6.45, 7) is 1.19. The number of alkyl halides is 2. The van der Waals surface area contributed by atoms with Crippen LogP contribution < -0.4 is 10.1 Å². The summed E-state index contributed by atoms with van der Waals surface area (Å²) < 4.78 is 49.0. The van der Waals surface area contributed by atoms with Gasteiger partial charge < -0.3 is 24.3 Å². The Morgan fingerprint density at radius 2 is 1.93 bits per heavy atom. The SMILES string of the molecule is CCNC(=NCc1c(F)cccc1OC(F)F)N1CCN(C(=O)c2ccco2)CC1. The van der Waals surface area contributed by atoms with Gasteiger partial charge in [-0.05, 0) is 31.2 Å². The van der Waals surface area contributed by atoms with Gasteiger partial charge in [0.05, 0.1) is 18.4 Å². The maximum Gasteiger partial charge on any atom is 0.387 e. The van der Waals surface area contributed by atoms with E-state index in [4.69, 9.17) is 4.42 Å². The molecule has 0 bridgehead atoms. The van der Waals surface area contributed by atoms with Gasteiger partial charge in [-0.1, -0.05) is 6.07 Å². The predicted molar refractivity (Wildman–Crippen MR) is 104 cm³/mol. The third kappa shape index (κ3) is 5.25. The number of amides is 1. The van der Waals surface area contributed by atoms with E-state index >= 15 is 0 Å². The van der Waals surface area contributed by atoms with Crippen molar-refractivity contribution in [2.45, 2.75) is 20.1 Å². The molecule has 1 aliphatic heterocycles. The number of hydrogen-bond donors (Lipinski definition) is 1. The molecular weight excluding hydrogens is 401 g/mol. The van der Waals surface area contributed by atoms with Crippen molar-refractivity contribution in [1.29, 1.82) is 0 Å². The van der Waals surface area contributed by atoms with Crippen molar-refractivity contribution in [2.75, 3.05) is 32.7 Å². The zero-order valence-corrected chi connectivity index (χ0v) is 16.5. The second-order valence-electron chi connectivity index (χ2n) is 6.52. The standard InChI is InChI=1S/C20H23F3N4O3/c1-2-24-20(25-13-14-15(21)5-3-6-16(14)30-19(22)23)27-10-8-26(9-11-27)18(28)17-7-4-12-29-17/h3-7,12,19H,2,8-11,13H2,1H3,(H,24,25). The van der Waals surface area contributed by atoms with Gasteiger partial charge in [0.1, 0.15) is 11.6 Å². The lowest BCUT2D eigenvalue weighted by Gasteiger charge is -2.36. The van der Waals surface area contributed by atoms with E-state index in [1.54, 1.807) is 17.0 Å². The molecule has 1 aromatic heterocycles. The van der Waals surface area contributed by atoms with Crippen LogP contribution in [-0.2, 0) is 6.54 Å². The molecule has 1 N–H and O–H groups in total. The van der Waals surface area contributed by atoms with Crippen LogP contribution in [0, 0.1) is 5.82 Å².